The Morgan fingerprint density at radius 1 is 1.00 bits per heavy atom. The van der Waals surface area contributed by atoms with E-state index in [0.717, 1.165) is 18.4 Å². The summed E-state index contributed by atoms with van der Waals surface area (Å²) >= 11 is 0. The van der Waals surface area contributed by atoms with Crippen molar-refractivity contribution in [1.29, 1.82) is 0 Å². The van der Waals surface area contributed by atoms with Crippen LogP contribution in [0.25, 0.3) is 11.4 Å². The van der Waals surface area contributed by atoms with Gasteiger partial charge in [-0.25, -0.2) is 9.97 Å². The molecule has 1 saturated carbocycles. The van der Waals surface area contributed by atoms with Crippen molar-refractivity contribution in [3.05, 3.63) is 48.3 Å². The molecule has 3 rings (SSSR count). The molecule has 2 aromatic rings. The molecule has 0 radical (unpaired) electrons. The summed E-state index contributed by atoms with van der Waals surface area (Å²) in [6.45, 7) is 0. The Kier molecular flexibility index (Phi) is 4.24. The standard InChI is InChI=1S/C17H19N3O/c21-17(20-13-7-2-1-3-8-13)15-10-5-4-9-14(15)16-18-11-6-12-19-16/h4-6,9-13H,1-3,7-8H2,(H,20,21). The highest BCUT2D eigenvalue weighted by Crippen LogP contribution is 2.21. The van der Waals surface area contributed by atoms with Gasteiger partial charge in [0.2, 0.25) is 0 Å². The lowest BCUT2D eigenvalue weighted by Gasteiger charge is -2.23. The molecule has 4 heteroatoms. The largest absolute Gasteiger partial charge is 0.349 e. The number of benzene rings is 1. The molecule has 4 nitrogen and oxygen atoms in total. The summed E-state index contributed by atoms with van der Waals surface area (Å²) in [6.07, 6.45) is 9.23. The third kappa shape index (κ3) is 3.27. The van der Waals surface area contributed by atoms with E-state index in [2.05, 4.69) is 15.3 Å². The maximum absolute atomic E-state index is 12.5. The third-order valence-electron chi connectivity index (χ3n) is 3.92. The van der Waals surface area contributed by atoms with E-state index in [9.17, 15) is 4.79 Å². The number of hydrogen-bond acceptors (Lipinski definition) is 3. The summed E-state index contributed by atoms with van der Waals surface area (Å²) in [5.74, 6) is 0.567. The summed E-state index contributed by atoms with van der Waals surface area (Å²) in [6, 6.07) is 9.59. The number of carbonyl (C=O) groups excluding carboxylic acids is 1. The van der Waals surface area contributed by atoms with Gasteiger partial charge in [-0.15, -0.1) is 0 Å². The van der Waals surface area contributed by atoms with Crippen molar-refractivity contribution in [2.24, 2.45) is 0 Å². The van der Waals surface area contributed by atoms with Crippen LogP contribution in [0.15, 0.2) is 42.7 Å². The Hall–Kier alpha value is -2.23. The highest BCUT2D eigenvalue weighted by molar-refractivity contribution is 6.00. The van der Waals surface area contributed by atoms with Crippen LogP contribution < -0.4 is 5.32 Å². The number of nitrogens with one attached hydrogen (secondary N) is 1. The third-order valence-corrected chi connectivity index (χ3v) is 3.92. The lowest BCUT2D eigenvalue weighted by Crippen LogP contribution is -2.36. The average Bonchev–Trinajstić information content (AvgIpc) is 2.56. The highest BCUT2D eigenvalue weighted by atomic mass is 16.1. The first-order chi connectivity index (χ1) is 10.3. The Morgan fingerprint density at radius 3 is 2.48 bits per heavy atom. The van der Waals surface area contributed by atoms with Crippen LogP contribution in [0.5, 0.6) is 0 Å². The molecule has 0 aliphatic heterocycles. The van der Waals surface area contributed by atoms with Crippen molar-refractivity contribution < 1.29 is 4.79 Å². The molecule has 0 unspecified atom stereocenters. The van der Waals surface area contributed by atoms with Gasteiger partial charge in [0, 0.05) is 24.0 Å². The molecule has 0 spiro atoms. The van der Waals surface area contributed by atoms with Crippen LogP contribution in [0.3, 0.4) is 0 Å². The predicted molar refractivity (Wildman–Crippen MR) is 81.8 cm³/mol. The van der Waals surface area contributed by atoms with Crippen molar-refractivity contribution in [3.63, 3.8) is 0 Å². The second-order valence-corrected chi connectivity index (χ2v) is 5.43. The number of amides is 1. The molecule has 1 N–H and O–H groups in total. The zero-order chi connectivity index (χ0) is 14.5. The van der Waals surface area contributed by atoms with Crippen molar-refractivity contribution >= 4 is 5.91 Å². The second kappa shape index (κ2) is 6.48. The minimum absolute atomic E-state index is 0.0232. The molecule has 1 aromatic carbocycles. The minimum atomic E-state index is -0.0232. The van der Waals surface area contributed by atoms with Gasteiger partial charge in [0.05, 0.1) is 5.56 Å². The van der Waals surface area contributed by atoms with Crippen LogP contribution >= 0.6 is 0 Å². The summed E-state index contributed by atoms with van der Waals surface area (Å²) in [4.78, 5) is 21.0. The van der Waals surface area contributed by atoms with Gasteiger partial charge in [0.15, 0.2) is 5.82 Å². The average molecular weight is 281 g/mol. The molecule has 1 amide bonds. The van der Waals surface area contributed by atoms with Gasteiger partial charge in [-0.3, -0.25) is 4.79 Å². The van der Waals surface area contributed by atoms with Gasteiger partial charge in [0.25, 0.3) is 5.91 Å². The van der Waals surface area contributed by atoms with Gasteiger partial charge in [-0.2, -0.15) is 0 Å². The summed E-state index contributed by atoms with van der Waals surface area (Å²) in [5.41, 5.74) is 1.43. The van der Waals surface area contributed by atoms with Gasteiger partial charge in [-0.05, 0) is 25.0 Å². The second-order valence-electron chi connectivity index (χ2n) is 5.43. The van der Waals surface area contributed by atoms with Crippen LogP contribution in [0.2, 0.25) is 0 Å². The van der Waals surface area contributed by atoms with Crippen molar-refractivity contribution in [3.8, 4) is 11.4 Å². The summed E-state index contributed by atoms with van der Waals surface area (Å²) in [7, 11) is 0. The molecule has 1 aliphatic rings. The Bertz CT molecular complexity index is 606. The molecule has 21 heavy (non-hydrogen) atoms. The number of carbonyl (C=O) groups is 1. The van der Waals surface area contributed by atoms with Gasteiger partial charge in [0.1, 0.15) is 0 Å². The first-order valence-electron chi connectivity index (χ1n) is 7.52. The van der Waals surface area contributed by atoms with Crippen molar-refractivity contribution in [2.45, 2.75) is 38.1 Å². The van der Waals surface area contributed by atoms with E-state index >= 15 is 0 Å². The highest BCUT2D eigenvalue weighted by Gasteiger charge is 2.19. The van der Waals surface area contributed by atoms with E-state index in [-0.39, 0.29) is 5.91 Å². The SMILES string of the molecule is O=C(NC1CCCCC1)c1ccccc1-c1ncccn1. The fourth-order valence-corrected chi connectivity index (χ4v) is 2.82. The summed E-state index contributed by atoms with van der Waals surface area (Å²) < 4.78 is 0. The number of rotatable bonds is 3. The van der Waals surface area contributed by atoms with Gasteiger partial charge >= 0.3 is 0 Å². The van der Waals surface area contributed by atoms with Crippen LogP contribution in [0.1, 0.15) is 42.5 Å². The molecule has 1 aliphatic carbocycles. The molecule has 0 atom stereocenters. The lowest BCUT2D eigenvalue weighted by atomic mass is 9.95. The summed E-state index contributed by atoms with van der Waals surface area (Å²) in [5, 5.41) is 3.15. The monoisotopic (exact) mass is 281 g/mol. The fourth-order valence-electron chi connectivity index (χ4n) is 2.82. The number of nitrogens with zero attached hydrogens (tertiary/aromatic N) is 2. The Morgan fingerprint density at radius 2 is 1.71 bits per heavy atom. The Balaban J connectivity index is 1.83. The zero-order valence-electron chi connectivity index (χ0n) is 12.0. The minimum Gasteiger partial charge on any atom is -0.349 e. The van der Waals surface area contributed by atoms with Crippen molar-refractivity contribution in [2.75, 3.05) is 0 Å². The Labute approximate surface area is 124 Å². The molecule has 0 saturated heterocycles. The number of hydrogen-bond donors (Lipinski definition) is 1. The molecular weight excluding hydrogens is 262 g/mol. The molecule has 0 bridgehead atoms. The quantitative estimate of drug-likeness (QED) is 0.940. The predicted octanol–water partition coefficient (Wildman–Crippen LogP) is 3.21. The van der Waals surface area contributed by atoms with Gasteiger partial charge < -0.3 is 5.32 Å². The maximum atomic E-state index is 12.5. The van der Waals surface area contributed by atoms with Gasteiger partial charge in [-0.1, -0.05) is 37.5 Å². The first-order valence-corrected chi connectivity index (χ1v) is 7.52. The van der Waals surface area contributed by atoms with E-state index in [1.54, 1.807) is 18.5 Å². The zero-order valence-corrected chi connectivity index (χ0v) is 12.0. The van der Waals surface area contributed by atoms with E-state index in [1.165, 1.54) is 19.3 Å². The lowest BCUT2D eigenvalue weighted by molar-refractivity contribution is 0.0928. The molecule has 1 fully saturated rings. The van der Waals surface area contributed by atoms with E-state index in [1.807, 2.05) is 24.3 Å². The van der Waals surface area contributed by atoms with E-state index < -0.39 is 0 Å². The van der Waals surface area contributed by atoms with E-state index in [0.29, 0.717) is 17.4 Å². The molecule has 108 valence electrons. The normalized spacial score (nSPS) is 15.6. The number of aromatic nitrogens is 2. The topological polar surface area (TPSA) is 54.9 Å². The van der Waals surface area contributed by atoms with Crippen LogP contribution in [0.4, 0.5) is 0 Å². The van der Waals surface area contributed by atoms with Crippen LogP contribution in [-0.4, -0.2) is 21.9 Å². The van der Waals surface area contributed by atoms with Crippen LogP contribution in [-0.2, 0) is 0 Å². The van der Waals surface area contributed by atoms with Crippen LogP contribution in [0, 0.1) is 0 Å². The molecule has 1 heterocycles. The molecular formula is C17H19N3O. The first kappa shape index (κ1) is 13.7. The van der Waals surface area contributed by atoms with Crippen molar-refractivity contribution in [1.82, 2.24) is 15.3 Å². The smallest absolute Gasteiger partial charge is 0.252 e. The maximum Gasteiger partial charge on any atom is 0.252 e. The fraction of sp³-hybridized carbons (Fsp3) is 0.353. The van der Waals surface area contributed by atoms with E-state index in [4.69, 9.17) is 0 Å². The molecule has 1 aromatic heterocycles.